The number of hydrogen-bond acceptors (Lipinski definition) is 6. The van der Waals surface area contributed by atoms with Gasteiger partial charge in [0.2, 0.25) is 6.23 Å². The van der Waals surface area contributed by atoms with E-state index in [-0.39, 0.29) is 12.4 Å². The molecule has 82 valence electrons. The lowest BCUT2D eigenvalue weighted by Gasteiger charge is -2.09. The first kappa shape index (κ1) is 11.6. The molecule has 0 fully saturated rings. The monoisotopic (exact) mass is 212 g/mol. The second-order valence-electron chi connectivity index (χ2n) is 2.78. The minimum atomic E-state index is -1.66. The smallest absolute Gasteiger partial charge is 0.355 e. The van der Waals surface area contributed by atoms with Crippen LogP contribution >= 0.6 is 0 Å². The number of benzene rings is 1. The van der Waals surface area contributed by atoms with Crippen molar-refractivity contribution in [3.63, 3.8) is 0 Å². The number of para-hydroxylation sites is 1. The van der Waals surface area contributed by atoms with Gasteiger partial charge in [0.05, 0.1) is 6.61 Å². The number of ether oxygens (including phenoxy) is 1. The highest BCUT2D eigenvalue weighted by Gasteiger charge is 2.13. The molecular weight excluding hydrogens is 200 g/mol. The van der Waals surface area contributed by atoms with Gasteiger partial charge in [0.15, 0.2) is 0 Å². The van der Waals surface area contributed by atoms with Gasteiger partial charge in [-0.3, -0.25) is 10.6 Å². The predicted molar refractivity (Wildman–Crippen MR) is 51.2 cm³/mol. The van der Waals surface area contributed by atoms with E-state index in [1.165, 1.54) is 0 Å². The Morgan fingerprint density at radius 3 is 2.73 bits per heavy atom. The molecule has 0 spiro atoms. The molecule has 1 rings (SSSR count). The van der Waals surface area contributed by atoms with E-state index in [9.17, 15) is 4.79 Å². The Labute approximate surface area is 86.3 Å². The minimum Gasteiger partial charge on any atom is -0.423 e. The van der Waals surface area contributed by atoms with Crippen molar-refractivity contribution in [2.24, 2.45) is 11.6 Å². The zero-order valence-electron chi connectivity index (χ0n) is 7.92. The summed E-state index contributed by atoms with van der Waals surface area (Å²) in [7, 11) is 0. The number of carbonyl (C=O) groups excluding carboxylic acids is 1. The average Bonchev–Trinajstić information content (AvgIpc) is 2.21. The van der Waals surface area contributed by atoms with Crippen LogP contribution in [0.2, 0.25) is 0 Å². The fourth-order valence-corrected chi connectivity index (χ4v) is 0.981. The van der Waals surface area contributed by atoms with Crippen LogP contribution in [0.25, 0.3) is 0 Å². The van der Waals surface area contributed by atoms with Crippen LogP contribution in [0.4, 0.5) is 0 Å². The Morgan fingerprint density at radius 2 is 2.13 bits per heavy atom. The molecule has 0 saturated heterocycles. The summed E-state index contributed by atoms with van der Waals surface area (Å²) in [4.78, 5) is 15.4. The third kappa shape index (κ3) is 3.30. The van der Waals surface area contributed by atoms with E-state index in [1.807, 2.05) is 0 Å². The van der Waals surface area contributed by atoms with Gasteiger partial charge in [0.25, 0.3) is 0 Å². The van der Waals surface area contributed by atoms with Gasteiger partial charge in [0.1, 0.15) is 5.75 Å². The maximum Gasteiger partial charge on any atom is 0.355 e. The zero-order valence-corrected chi connectivity index (χ0v) is 7.92. The zero-order chi connectivity index (χ0) is 11.3. The van der Waals surface area contributed by atoms with Gasteiger partial charge in [-0.1, -0.05) is 18.2 Å². The lowest BCUT2D eigenvalue weighted by Crippen LogP contribution is -2.33. The molecule has 0 saturated carbocycles. The number of carbonyl (C=O) groups is 1. The van der Waals surface area contributed by atoms with Crippen molar-refractivity contribution < 1.29 is 19.5 Å². The van der Waals surface area contributed by atoms with Crippen molar-refractivity contribution >= 4 is 5.97 Å². The first-order valence-corrected chi connectivity index (χ1v) is 4.20. The van der Waals surface area contributed by atoms with Crippen LogP contribution < -0.4 is 16.4 Å². The maximum atomic E-state index is 11.0. The SMILES string of the molecule is NOCc1ccccc1OC(=O)C(N)O. The number of rotatable bonds is 4. The molecule has 0 aliphatic carbocycles. The fourth-order valence-electron chi connectivity index (χ4n) is 0.981. The molecule has 0 heterocycles. The van der Waals surface area contributed by atoms with Crippen molar-refractivity contribution in [2.45, 2.75) is 12.8 Å². The first-order chi connectivity index (χ1) is 7.15. The number of aliphatic hydroxyl groups excluding tert-OH is 1. The minimum absolute atomic E-state index is 0.101. The Balaban J connectivity index is 2.79. The van der Waals surface area contributed by atoms with E-state index in [4.69, 9.17) is 21.5 Å². The molecular formula is C9H12N2O4. The van der Waals surface area contributed by atoms with Gasteiger partial charge >= 0.3 is 5.97 Å². The largest absolute Gasteiger partial charge is 0.423 e. The predicted octanol–water partition coefficient (Wildman–Crippen LogP) is -0.741. The van der Waals surface area contributed by atoms with E-state index in [2.05, 4.69) is 4.84 Å². The maximum absolute atomic E-state index is 11.0. The molecule has 0 radical (unpaired) electrons. The molecule has 1 aromatic rings. The summed E-state index contributed by atoms with van der Waals surface area (Å²) in [5.41, 5.74) is 5.52. The quantitative estimate of drug-likeness (QED) is 0.262. The van der Waals surface area contributed by atoms with Gasteiger partial charge < -0.3 is 9.84 Å². The molecule has 0 aromatic heterocycles. The summed E-state index contributed by atoms with van der Waals surface area (Å²) >= 11 is 0. The number of esters is 1. The van der Waals surface area contributed by atoms with Crippen LogP contribution in [-0.4, -0.2) is 17.3 Å². The molecule has 0 aliphatic rings. The van der Waals surface area contributed by atoms with Crippen LogP contribution in [0.5, 0.6) is 5.75 Å². The average molecular weight is 212 g/mol. The van der Waals surface area contributed by atoms with E-state index in [0.29, 0.717) is 5.56 Å². The first-order valence-electron chi connectivity index (χ1n) is 4.20. The second kappa shape index (κ2) is 5.42. The van der Waals surface area contributed by atoms with Crippen molar-refractivity contribution in [3.05, 3.63) is 29.8 Å². The summed E-state index contributed by atoms with van der Waals surface area (Å²) in [6.45, 7) is 0.101. The standard InChI is InChI=1S/C9H12N2O4/c10-8(12)9(13)15-7-4-2-1-3-6(7)5-14-11/h1-4,8,12H,5,10-11H2. The number of nitrogens with two attached hydrogens (primary N) is 2. The van der Waals surface area contributed by atoms with Gasteiger partial charge in [-0.05, 0) is 6.07 Å². The van der Waals surface area contributed by atoms with Crippen molar-refractivity contribution in [3.8, 4) is 5.75 Å². The molecule has 0 aliphatic heterocycles. The van der Waals surface area contributed by atoms with E-state index in [1.54, 1.807) is 24.3 Å². The third-order valence-electron chi connectivity index (χ3n) is 1.66. The Morgan fingerprint density at radius 1 is 1.47 bits per heavy atom. The van der Waals surface area contributed by atoms with Gasteiger partial charge in [-0.15, -0.1) is 0 Å². The summed E-state index contributed by atoms with van der Waals surface area (Å²) in [6.07, 6.45) is -1.66. The van der Waals surface area contributed by atoms with Crippen molar-refractivity contribution in [1.82, 2.24) is 0 Å². The van der Waals surface area contributed by atoms with E-state index in [0.717, 1.165) is 0 Å². The van der Waals surface area contributed by atoms with Crippen LogP contribution in [0.3, 0.4) is 0 Å². The number of hydrogen-bond donors (Lipinski definition) is 3. The highest BCUT2D eigenvalue weighted by molar-refractivity contribution is 5.76. The molecule has 5 N–H and O–H groups in total. The molecule has 1 atom stereocenters. The van der Waals surface area contributed by atoms with Crippen molar-refractivity contribution in [1.29, 1.82) is 0 Å². The van der Waals surface area contributed by atoms with Crippen LogP contribution in [0, 0.1) is 0 Å². The van der Waals surface area contributed by atoms with E-state index < -0.39 is 12.2 Å². The van der Waals surface area contributed by atoms with Crippen LogP contribution in [0.1, 0.15) is 5.56 Å². The fraction of sp³-hybridized carbons (Fsp3) is 0.222. The van der Waals surface area contributed by atoms with Gasteiger partial charge in [-0.25, -0.2) is 10.7 Å². The van der Waals surface area contributed by atoms with Crippen molar-refractivity contribution in [2.75, 3.05) is 0 Å². The highest BCUT2D eigenvalue weighted by Crippen LogP contribution is 2.18. The molecule has 0 bridgehead atoms. The normalized spacial score (nSPS) is 12.2. The topological polar surface area (TPSA) is 108 Å². The lowest BCUT2D eigenvalue weighted by molar-refractivity contribution is -0.143. The summed E-state index contributed by atoms with van der Waals surface area (Å²) in [5, 5.41) is 8.75. The summed E-state index contributed by atoms with van der Waals surface area (Å²) < 4.78 is 4.81. The Hall–Kier alpha value is -1.47. The molecule has 0 amide bonds. The lowest BCUT2D eigenvalue weighted by atomic mass is 10.2. The van der Waals surface area contributed by atoms with Crippen LogP contribution in [0.15, 0.2) is 24.3 Å². The second-order valence-corrected chi connectivity index (χ2v) is 2.78. The molecule has 6 nitrogen and oxygen atoms in total. The molecule has 1 aromatic carbocycles. The number of aliphatic hydroxyl groups is 1. The molecule has 6 heteroatoms. The third-order valence-corrected chi connectivity index (χ3v) is 1.66. The summed E-state index contributed by atoms with van der Waals surface area (Å²) in [5.74, 6) is 4.24. The molecule has 1 unspecified atom stereocenters. The Kier molecular flexibility index (Phi) is 4.19. The van der Waals surface area contributed by atoms with Gasteiger partial charge in [0, 0.05) is 5.56 Å². The Bertz CT molecular complexity index is 341. The summed E-state index contributed by atoms with van der Waals surface area (Å²) in [6, 6.07) is 6.64. The van der Waals surface area contributed by atoms with Crippen LogP contribution in [-0.2, 0) is 16.2 Å². The van der Waals surface area contributed by atoms with E-state index >= 15 is 0 Å². The van der Waals surface area contributed by atoms with Gasteiger partial charge in [-0.2, -0.15) is 0 Å². The highest BCUT2D eigenvalue weighted by atomic mass is 16.6. The molecule has 15 heavy (non-hydrogen) atoms.